The first kappa shape index (κ1) is 19.1. The van der Waals surface area contributed by atoms with Gasteiger partial charge in [0.25, 0.3) is 0 Å². The number of hydrogen-bond donors (Lipinski definition) is 0. The van der Waals surface area contributed by atoms with Crippen LogP contribution in [0.25, 0.3) is 0 Å². The Morgan fingerprint density at radius 2 is 1.00 bits per heavy atom. The van der Waals surface area contributed by atoms with Gasteiger partial charge in [-0.3, -0.25) is 0 Å². The van der Waals surface area contributed by atoms with E-state index in [1.165, 1.54) is 23.0 Å². The number of hydrogen-bond acceptors (Lipinski definition) is 5. The molecule has 112 valence electrons. The van der Waals surface area contributed by atoms with Crippen molar-refractivity contribution >= 4 is 35.3 Å². The van der Waals surface area contributed by atoms with Gasteiger partial charge in [0.15, 0.2) is 0 Å². The minimum Gasteiger partial charge on any atom is -0.501 e. The Kier molecular flexibility index (Phi) is 18.3. The third kappa shape index (κ3) is 18.1. The van der Waals surface area contributed by atoms with Crippen LogP contribution >= 0.6 is 35.3 Å². The largest absolute Gasteiger partial charge is 0.501 e. The molecule has 19 heavy (non-hydrogen) atoms. The topological polar surface area (TPSA) is 18.5 Å². The van der Waals surface area contributed by atoms with Crippen molar-refractivity contribution in [1.82, 2.24) is 0 Å². The molecule has 5 heteroatoms. The first-order valence-corrected chi connectivity index (χ1v) is 10.1. The Morgan fingerprint density at radius 1 is 0.632 bits per heavy atom. The zero-order valence-corrected chi connectivity index (χ0v) is 14.5. The summed E-state index contributed by atoms with van der Waals surface area (Å²) in [6.45, 7) is 5.58. The second-order valence-corrected chi connectivity index (χ2v) is 7.19. The van der Waals surface area contributed by atoms with E-state index in [0.29, 0.717) is 0 Å². The van der Waals surface area contributed by atoms with Crippen LogP contribution in [0.15, 0.2) is 24.7 Å². The highest BCUT2D eigenvalue weighted by Crippen LogP contribution is 2.10. The van der Waals surface area contributed by atoms with Crippen molar-refractivity contribution in [3.8, 4) is 0 Å². The fourth-order valence-corrected chi connectivity index (χ4v) is 4.01. The molecular formula is C14H26O2S3. The lowest BCUT2D eigenvalue weighted by atomic mass is 10.7. The molecule has 0 aromatic heterocycles. The van der Waals surface area contributed by atoms with E-state index in [2.05, 4.69) is 0 Å². The van der Waals surface area contributed by atoms with Crippen molar-refractivity contribution in [1.29, 1.82) is 0 Å². The first-order valence-electron chi connectivity index (χ1n) is 6.60. The third-order valence-electron chi connectivity index (χ3n) is 1.90. The molecule has 0 fully saturated rings. The Labute approximate surface area is 131 Å². The van der Waals surface area contributed by atoms with E-state index in [9.17, 15) is 0 Å². The van der Waals surface area contributed by atoms with Crippen LogP contribution in [-0.2, 0) is 9.47 Å². The molecule has 0 aliphatic carbocycles. The van der Waals surface area contributed by atoms with E-state index in [1.807, 2.05) is 61.3 Å². The lowest BCUT2D eigenvalue weighted by Crippen LogP contribution is -1.96. The maximum absolute atomic E-state index is 5.25. The summed E-state index contributed by atoms with van der Waals surface area (Å²) in [6, 6.07) is 0. The van der Waals surface area contributed by atoms with Gasteiger partial charge in [-0.25, -0.2) is 0 Å². The summed E-state index contributed by atoms with van der Waals surface area (Å²) in [6.07, 6.45) is 7.35. The van der Waals surface area contributed by atoms with Crippen LogP contribution in [0.3, 0.4) is 0 Å². The smallest absolute Gasteiger partial charge is 0.0963 e. The van der Waals surface area contributed by atoms with Gasteiger partial charge in [0.1, 0.15) is 0 Å². The SMILES string of the molecule is CC=COCCSCCSCCSCCOC=CC. The Hall–Kier alpha value is 0.130. The van der Waals surface area contributed by atoms with Gasteiger partial charge in [-0.05, 0) is 13.8 Å². The second kappa shape index (κ2) is 18.1. The van der Waals surface area contributed by atoms with Gasteiger partial charge < -0.3 is 9.47 Å². The van der Waals surface area contributed by atoms with Crippen molar-refractivity contribution in [2.75, 3.05) is 47.7 Å². The average Bonchev–Trinajstić information content (AvgIpc) is 2.43. The molecule has 0 radical (unpaired) electrons. The molecule has 0 amide bonds. The molecule has 0 saturated heterocycles. The summed E-state index contributed by atoms with van der Waals surface area (Å²) < 4.78 is 10.5. The van der Waals surface area contributed by atoms with Crippen LogP contribution in [0, 0.1) is 0 Å². The fourth-order valence-electron chi connectivity index (χ4n) is 1.08. The van der Waals surface area contributed by atoms with E-state index in [0.717, 1.165) is 24.7 Å². The summed E-state index contributed by atoms with van der Waals surface area (Å²) in [5.41, 5.74) is 0. The van der Waals surface area contributed by atoms with E-state index in [4.69, 9.17) is 9.47 Å². The van der Waals surface area contributed by atoms with Crippen LogP contribution in [0.2, 0.25) is 0 Å². The fraction of sp³-hybridized carbons (Fsp3) is 0.714. The van der Waals surface area contributed by atoms with Crippen molar-refractivity contribution in [3.63, 3.8) is 0 Å². The van der Waals surface area contributed by atoms with Crippen LogP contribution in [-0.4, -0.2) is 47.7 Å². The monoisotopic (exact) mass is 322 g/mol. The standard InChI is InChI=1S/C14H26O2S3/c1-3-5-15-7-9-17-11-13-19-14-12-18-10-8-16-6-4-2/h3-6H,7-14H2,1-2H3. The molecule has 0 bridgehead atoms. The van der Waals surface area contributed by atoms with Gasteiger partial charge in [0.2, 0.25) is 0 Å². The van der Waals surface area contributed by atoms with Gasteiger partial charge in [-0.15, -0.1) is 0 Å². The van der Waals surface area contributed by atoms with Gasteiger partial charge in [0, 0.05) is 34.5 Å². The molecule has 0 spiro atoms. The predicted molar refractivity (Wildman–Crippen MR) is 93.5 cm³/mol. The van der Waals surface area contributed by atoms with Crippen molar-refractivity contribution in [3.05, 3.63) is 24.7 Å². The molecule has 0 heterocycles. The van der Waals surface area contributed by atoms with Crippen molar-refractivity contribution < 1.29 is 9.47 Å². The molecule has 2 nitrogen and oxygen atoms in total. The number of rotatable bonds is 14. The maximum atomic E-state index is 5.25. The first-order chi connectivity index (χ1) is 9.41. The minimum absolute atomic E-state index is 0.821. The number of thioether (sulfide) groups is 3. The summed E-state index contributed by atoms with van der Waals surface area (Å²) in [5, 5.41) is 0. The van der Waals surface area contributed by atoms with E-state index < -0.39 is 0 Å². The highest BCUT2D eigenvalue weighted by atomic mass is 32.2. The third-order valence-corrected chi connectivity index (χ3v) is 5.30. The Bertz CT molecular complexity index is 199. The molecular weight excluding hydrogens is 296 g/mol. The zero-order chi connectivity index (χ0) is 14.0. The molecule has 0 atom stereocenters. The van der Waals surface area contributed by atoms with Crippen LogP contribution in [0.1, 0.15) is 13.8 Å². The van der Waals surface area contributed by atoms with Gasteiger partial charge in [-0.1, -0.05) is 12.2 Å². The van der Waals surface area contributed by atoms with E-state index >= 15 is 0 Å². The minimum atomic E-state index is 0.821. The van der Waals surface area contributed by atoms with Crippen LogP contribution < -0.4 is 0 Å². The summed E-state index contributed by atoms with van der Waals surface area (Å²) in [4.78, 5) is 0. The molecule has 0 rings (SSSR count). The predicted octanol–water partition coefficient (Wildman–Crippen LogP) is 4.29. The van der Waals surface area contributed by atoms with E-state index in [-0.39, 0.29) is 0 Å². The highest BCUT2D eigenvalue weighted by molar-refractivity contribution is 8.04. The zero-order valence-electron chi connectivity index (χ0n) is 12.0. The molecule has 0 aromatic carbocycles. The number of ether oxygens (including phenoxy) is 2. The lowest BCUT2D eigenvalue weighted by Gasteiger charge is -2.03. The van der Waals surface area contributed by atoms with Gasteiger partial charge >= 0.3 is 0 Å². The maximum Gasteiger partial charge on any atom is 0.0963 e. The van der Waals surface area contributed by atoms with Crippen LogP contribution in [0.5, 0.6) is 0 Å². The molecule has 0 aliphatic rings. The molecule has 0 unspecified atom stereocenters. The second-order valence-electron chi connectivity index (χ2n) is 3.52. The Morgan fingerprint density at radius 3 is 1.37 bits per heavy atom. The van der Waals surface area contributed by atoms with Crippen molar-refractivity contribution in [2.24, 2.45) is 0 Å². The molecule has 0 N–H and O–H groups in total. The molecule has 0 aromatic rings. The quantitative estimate of drug-likeness (QED) is 0.350. The van der Waals surface area contributed by atoms with Crippen molar-refractivity contribution in [2.45, 2.75) is 13.8 Å². The van der Waals surface area contributed by atoms with Gasteiger partial charge in [0.05, 0.1) is 25.7 Å². The average molecular weight is 323 g/mol. The lowest BCUT2D eigenvalue weighted by molar-refractivity contribution is 0.272. The molecule has 0 saturated carbocycles. The Balaban J connectivity index is 2.95. The van der Waals surface area contributed by atoms with Crippen LogP contribution in [0.4, 0.5) is 0 Å². The normalized spacial score (nSPS) is 11.5. The molecule has 0 aliphatic heterocycles. The number of allylic oxidation sites excluding steroid dienone is 2. The summed E-state index contributed by atoms with van der Waals surface area (Å²) >= 11 is 5.97. The van der Waals surface area contributed by atoms with E-state index in [1.54, 1.807) is 12.5 Å². The highest BCUT2D eigenvalue weighted by Gasteiger charge is 1.93. The summed E-state index contributed by atoms with van der Waals surface area (Å²) in [7, 11) is 0. The summed E-state index contributed by atoms with van der Waals surface area (Å²) in [5.74, 6) is 7.09. The van der Waals surface area contributed by atoms with Gasteiger partial charge in [-0.2, -0.15) is 35.3 Å².